The van der Waals surface area contributed by atoms with Crippen LogP contribution in [0.3, 0.4) is 0 Å². The minimum atomic E-state index is 0. The molecular formula is C17H22IN7O. The van der Waals surface area contributed by atoms with Gasteiger partial charge in [-0.2, -0.15) is 5.10 Å². The standard InChI is InChI=1S/C17H21N7O.HI/c1-11-12(2)25-15(23-11)9-20-17(18-3)19-8-13-5-4-6-14(7-13)16-21-10-22-24-16;/h4-7,10H,8-9H2,1-3H3,(H2,18,19,20)(H,21,22,24);1H. The molecule has 1 aromatic carbocycles. The molecule has 2 heterocycles. The Kier molecular flexibility index (Phi) is 7.13. The summed E-state index contributed by atoms with van der Waals surface area (Å²) >= 11 is 0. The number of benzene rings is 1. The van der Waals surface area contributed by atoms with Crippen LogP contribution in [0.5, 0.6) is 0 Å². The molecule has 0 saturated carbocycles. The van der Waals surface area contributed by atoms with Crippen LogP contribution in [0.15, 0.2) is 40.0 Å². The number of H-pyrrole nitrogens is 1. The van der Waals surface area contributed by atoms with Crippen molar-refractivity contribution < 1.29 is 4.42 Å². The number of nitrogens with one attached hydrogen (secondary N) is 3. The molecule has 8 nitrogen and oxygen atoms in total. The van der Waals surface area contributed by atoms with Gasteiger partial charge in [-0.15, -0.1) is 24.0 Å². The van der Waals surface area contributed by atoms with E-state index < -0.39 is 0 Å². The van der Waals surface area contributed by atoms with Crippen LogP contribution in [0.4, 0.5) is 0 Å². The number of hydrogen-bond acceptors (Lipinski definition) is 5. The molecule has 0 bridgehead atoms. The number of nitrogens with zero attached hydrogens (tertiary/aromatic N) is 4. The van der Waals surface area contributed by atoms with Gasteiger partial charge in [0.1, 0.15) is 12.1 Å². The van der Waals surface area contributed by atoms with Gasteiger partial charge < -0.3 is 15.1 Å². The van der Waals surface area contributed by atoms with Gasteiger partial charge in [-0.25, -0.2) is 9.97 Å². The molecule has 0 fully saturated rings. The average molecular weight is 467 g/mol. The normalized spacial score (nSPS) is 11.1. The molecule has 138 valence electrons. The summed E-state index contributed by atoms with van der Waals surface area (Å²) in [5.74, 6) is 2.91. The topological polar surface area (TPSA) is 104 Å². The van der Waals surface area contributed by atoms with Crippen molar-refractivity contribution >= 4 is 29.9 Å². The third kappa shape index (κ3) is 5.04. The highest BCUT2D eigenvalue weighted by Crippen LogP contribution is 2.15. The summed E-state index contributed by atoms with van der Waals surface area (Å²) in [6.45, 7) is 4.94. The van der Waals surface area contributed by atoms with Gasteiger partial charge in [0.15, 0.2) is 11.8 Å². The molecule has 26 heavy (non-hydrogen) atoms. The maximum absolute atomic E-state index is 5.56. The van der Waals surface area contributed by atoms with Crippen molar-refractivity contribution in [3.8, 4) is 11.4 Å². The van der Waals surface area contributed by atoms with Crippen molar-refractivity contribution in [1.82, 2.24) is 30.8 Å². The smallest absolute Gasteiger partial charge is 0.214 e. The van der Waals surface area contributed by atoms with Gasteiger partial charge in [0.2, 0.25) is 5.89 Å². The van der Waals surface area contributed by atoms with Gasteiger partial charge >= 0.3 is 0 Å². The van der Waals surface area contributed by atoms with E-state index in [-0.39, 0.29) is 24.0 Å². The minimum Gasteiger partial charge on any atom is -0.444 e. The first-order chi connectivity index (χ1) is 12.2. The molecule has 3 aromatic rings. The van der Waals surface area contributed by atoms with E-state index in [0.717, 1.165) is 28.4 Å². The Morgan fingerprint density at radius 2 is 2.04 bits per heavy atom. The second-order valence-electron chi connectivity index (χ2n) is 5.56. The van der Waals surface area contributed by atoms with Crippen LogP contribution in [-0.4, -0.2) is 33.2 Å². The largest absolute Gasteiger partial charge is 0.444 e. The molecule has 0 aliphatic rings. The number of guanidine groups is 1. The van der Waals surface area contributed by atoms with Gasteiger partial charge in [-0.3, -0.25) is 10.1 Å². The molecule has 0 aliphatic heterocycles. The lowest BCUT2D eigenvalue weighted by Crippen LogP contribution is -2.36. The van der Waals surface area contributed by atoms with Gasteiger partial charge in [0.25, 0.3) is 0 Å². The van der Waals surface area contributed by atoms with Crippen molar-refractivity contribution in [2.75, 3.05) is 7.05 Å². The van der Waals surface area contributed by atoms with Crippen LogP contribution in [0.1, 0.15) is 22.9 Å². The van der Waals surface area contributed by atoms with E-state index in [9.17, 15) is 0 Å². The zero-order valence-corrected chi connectivity index (χ0v) is 17.2. The van der Waals surface area contributed by atoms with Gasteiger partial charge in [-0.05, 0) is 25.5 Å². The summed E-state index contributed by atoms with van der Waals surface area (Å²) in [5.41, 5.74) is 3.01. The predicted molar refractivity (Wildman–Crippen MR) is 110 cm³/mol. The van der Waals surface area contributed by atoms with E-state index in [4.69, 9.17) is 4.42 Å². The third-order valence-electron chi connectivity index (χ3n) is 3.78. The Balaban J connectivity index is 0.00000243. The molecule has 0 amide bonds. The van der Waals surface area contributed by atoms with Crippen molar-refractivity contribution in [2.45, 2.75) is 26.9 Å². The Labute approximate surface area is 169 Å². The lowest BCUT2D eigenvalue weighted by molar-refractivity contribution is 0.463. The number of aryl methyl sites for hydroxylation is 2. The van der Waals surface area contributed by atoms with Crippen LogP contribution in [0, 0.1) is 13.8 Å². The van der Waals surface area contributed by atoms with E-state index in [1.807, 2.05) is 32.0 Å². The van der Waals surface area contributed by atoms with E-state index >= 15 is 0 Å². The van der Waals surface area contributed by atoms with E-state index in [2.05, 4.69) is 41.9 Å². The van der Waals surface area contributed by atoms with Crippen LogP contribution < -0.4 is 10.6 Å². The monoisotopic (exact) mass is 467 g/mol. The molecule has 0 unspecified atom stereocenters. The lowest BCUT2D eigenvalue weighted by atomic mass is 10.1. The Morgan fingerprint density at radius 3 is 2.69 bits per heavy atom. The van der Waals surface area contributed by atoms with Gasteiger partial charge in [0, 0.05) is 19.2 Å². The fourth-order valence-corrected chi connectivity index (χ4v) is 2.35. The number of aromatic amines is 1. The predicted octanol–water partition coefficient (Wildman–Crippen LogP) is 2.56. The number of hydrogen-bond donors (Lipinski definition) is 3. The molecule has 9 heteroatoms. The molecule has 0 aliphatic carbocycles. The van der Waals surface area contributed by atoms with E-state index in [0.29, 0.717) is 24.9 Å². The van der Waals surface area contributed by atoms with Crippen LogP contribution in [0.25, 0.3) is 11.4 Å². The molecule has 3 N–H and O–H groups in total. The van der Waals surface area contributed by atoms with Gasteiger partial charge in [0.05, 0.1) is 12.2 Å². The summed E-state index contributed by atoms with van der Waals surface area (Å²) in [6.07, 6.45) is 1.50. The Morgan fingerprint density at radius 1 is 1.23 bits per heavy atom. The quantitative estimate of drug-likeness (QED) is 0.303. The molecular weight excluding hydrogens is 445 g/mol. The lowest BCUT2D eigenvalue weighted by Gasteiger charge is -2.11. The van der Waals surface area contributed by atoms with Crippen molar-refractivity contribution in [1.29, 1.82) is 0 Å². The van der Waals surface area contributed by atoms with Crippen LogP contribution in [-0.2, 0) is 13.1 Å². The molecule has 0 radical (unpaired) electrons. The number of aromatic nitrogens is 4. The second kappa shape index (κ2) is 9.32. The van der Waals surface area contributed by atoms with E-state index in [1.54, 1.807) is 7.05 Å². The van der Waals surface area contributed by atoms with Crippen molar-refractivity contribution in [2.24, 2.45) is 4.99 Å². The maximum atomic E-state index is 5.56. The number of rotatable bonds is 5. The first-order valence-electron chi connectivity index (χ1n) is 7.98. The molecule has 3 rings (SSSR count). The summed E-state index contributed by atoms with van der Waals surface area (Å²) in [7, 11) is 1.73. The van der Waals surface area contributed by atoms with Crippen molar-refractivity contribution in [3.05, 3.63) is 53.5 Å². The van der Waals surface area contributed by atoms with Gasteiger partial charge in [-0.1, -0.05) is 18.2 Å². The summed E-state index contributed by atoms with van der Waals surface area (Å²) in [5, 5.41) is 13.2. The molecule has 0 spiro atoms. The fraction of sp³-hybridized carbons (Fsp3) is 0.294. The first-order valence-corrected chi connectivity index (χ1v) is 7.98. The fourth-order valence-electron chi connectivity index (χ4n) is 2.35. The summed E-state index contributed by atoms with van der Waals surface area (Å²) in [4.78, 5) is 12.7. The SMILES string of the molecule is CN=C(NCc1cccc(-c2ncn[nH]2)c1)NCc1nc(C)c(C)o1.I. The minimum absolute atomic E-state index is 0. The number of oxazole rings is 1. The zero-order chi connectivity index (χ0) is 17.6. The second-order valence-corrected chi connectivity index (χ2v) is 5.56. The van der Waals surface area contributed by atoms with E-state index in [1.165, 1.54) is 6.33 Å². The highest BCUT2D eigenvalue weighted by molar-refractivity contribution is 14.0. The molecule has 2 aromatic heterocycles. The maximum Gasteiger partial charge on any atom is 0.214 e. The molecule has 0 saturated heterocycles. The third-order valence-corrected chi connectivity index (χ3v) is 3.78. The average Bonchev–Trinajstić information content (AvgIpc) is 3.26. The Hall–Kier alpha value is -2.43. The Bertz CT molecular complexity index is 838. The van der Waals surface area contributed by atoms with Crippen LogP contribution >= 0.6 is 24.0 Å². The highest BCUT2D eigenvalue weighted by Gasteiger charge is 2.07. The highest BCUT2D eigenvalue weighted by atomic mass is 127. The summed E-state index contributed by atoms with van der Waals surface area (Å²) in [6, 6.07) is 8.08. The zero-order valence-electron chi connectivity index (χ0n) is 14.9. The molecule has 0 atom stereocenters. The first kappa shape index (κ1) is 19.9. The van der Waals surface area contributed by atoms with Crippen molar-refractivity contribution in [3.63, 3.8) is 0 Å². The summed E-state index contributed by atoms with van der Waals surface area (Å²) < 4.78 is 5.56. The number of halogens is 1. The number of aliphatic imine (C=N–C) groups is 1. The van der Waals surface area contributed by atoms with Crippen LogP contribution in [0.2, 0.25) is 0 Å².